The fourth-order valence-corrected chi connectivity index (χ4v) is 3.00. The summed E-state index contributed by atoms with van der Waals surface area (Å²) in [5.41, 5.74) is 1.12. The molecule has 1 N–H and O–H groups in total. The van der Waals surface area contributed by atoms with Crippen molar-refractivity contribution < 1.29 is 9.59 Å². The van der Waals surface area contributed by atoms with Crippen LogP contribution < -0.4 is 5.32 Å². The molecule has 0 aliphatic carbocycles. The van der Waals surface area contributed by atoms with E-state index < -0.39 is 0 Å². The van der Waals surface area contributed by atoms with Crippen LogP contribution in [-0.2, 0) is 16.1 Å². The number of rotatable bonds is 7. The highest BCUT2D eigenvalue weighted by atomic mass is 16.2. The number of amides is 2. The summed E-state index contributed by atoms with van der Waals surface area (Å²) < 4.78 is 0. The molecule has 1 aliphatic rings. The second-order valence-corrected chi connectivity index (χ2v) is 6.32. The second-order valence-electron chi connectivity index (χ2n) is 6.32. The maximum absolute atomic E-state index is 12.2. The van der Waals surface area contributed by atoms with E-state index in [-0.39, 0.29) is 17.7 Å². The lowest BCUT2D eigenvalue weighted by atomic mass is 9.95. The Balaban J connectivity index is 1.69. The van der Waals surface area contributed by atoms with Crippen LogP contribution in [0.3, 0.4) is 0 Å². The van der Waals surface area contributed by atoms with Crippen molar-refractivity contribution in [3.8, 4) is 0 Å². The zero-order valence-corrected chi connectivity index (χ0v) is 14.1. The molecule has 1 fully saturated rings. The standard InChI is InChI=1S/C19H28N2O2/c1-2-3-5-10-18(22)21-13-11-17(12-14-21)19(23)20-15-16-8-6-4-7-9-16/h4,6-9,17H,2-3,5,10-15H2,1H3,(H,20,23). The molecule has 0 unspecified atom stereocenters. The Hall–Kier alpha value is -1.84. The molecule has 2 rings (SSSR count). The maximum atomic E-state index is 12.2. The number of carbonyl (C=O) groups excluding carboxylic acids is 2. The van der Waals surface area contributed by atoms with Gasteiger partial charge in [-0.15, -0.1) is 0 Å². The van der Waals surface area contributed by atoms with Crippen LogP contribution in [0, 0.1) is 5.92 Å². The Morgan fingerprint density at radius 1 is 1.13 bits per heavy atom. The molecule has 0 spiro atoms. The zero-order valence-electron chi connectivity index (χ0n) is 14.1. The summed E-state index contributed by atoms with van der Waals surface area (Å²) in [5, 5.41) is 3.01. The number of hydrogen-bond acceptors (Lipinski definition) is 2. The second kappa shape index (κ2) is 9.33. The van der Waals surface area contributed by atoms with Crippen molar-refractivity contribution in [2.45, 2.75) is 52.0 Å². The van der Waals surface area contributed by atoms with Crippen molar-refractivity contribution in [3.63, 3.8) is 0 Å². The Labute approximate surface area is 139 Å². The van der Waals surface area contributed by atoms with Gasteiger partial charge in [0.25, 0.3) is 0 Å². The lowest BCUT2D eigenvalue weighted by molar-refractivity contribution is -0.135. The van der Waals surface area contributed by atoms with E-state index in [2.05, 4.69) is 12.2 Å². The van der Waals surface area contributed by atoms with E-state index in [4.69, 9.17) is 0 Å². The van der Waals surface area contributed by atoms with Crippen LogP contribution in [-0.4, -0.2) is 29.8 Å². The monoisotopic (exact) mass is 316 g/mol. The minimum Gasteiger partial charge on any atom is -0.352 e. The number of unbranched alkanes of at least 4 members (excludes halogenated alkanes) is 2. The van der Waals surface area contributed by atoms with E-state index in [0.717, 1.165) is 37.7 Å². The molecule has 0 aromatic heterocycles. The van der Waals surface area contributed by atoms with E-state index >= 15 is 0 Å². The summed E-state index contributed by atoms with van der Waals surface area (Å²) in [6.07, 6.45) is 5.44. The predicted octanol–water partition coefficient (Wildman–Crippen LogP) is 3.12. The van der Waals surface area contributed by atoms with Gasteiger partial charge in [0.05, 0.1) is 0 Å². The molecule has 1 aromatic carbocycles. The highest BCUT2D eigenvalue weighted by Crippen LogP contribution is 2.19. The SMILES string of the molecule is CCCCCC(=O)N1CCC(C(=O)NCc2ccccc2)CC1. The molecular formula is C19H28N2O2. The first-order chi connectivity index (χ1) is 11.2. The van der Waals surface area contributed by atoms with Crippen LogP contribution in [0.1, 0.15) is 51.0 Å². The average Bonchev–Trinajstić information content (AvgIpc) is 2.61. The van der Waals surface area contributed by atoms with E-state index in [9.17, 15) is 9.59 Å². The number of piperidine rings is 1. The smallest absolute Gasteiger partial charge is 0.223 e. The quantitative estimate of drug-likeness (QED) is 0.786. The van der Waals surface area contributed by atoms with Gasteiger partial charge < -0.3 is 10.2 Å². The predicted molar refractivity (Wildman–Crippen MR) is 91.7 cm³/mol. The third kappa shape index (κ3) is 5.70. The summed E-state index contributed by atoms with van der Waals surface area (Å²) in [6.45, 7) is 4.16. The maximum Gasteiger partial charge on any atom is 0.223 e. The zero-order chi connectivity index (χ0) is 16.5. The Morgan fingerprint density at radius 2 is 1.83 bits per heavy atom. The molecule has 126 valence electrons. The van der Waals surface area contributed by atoms with Gasteiger partial charge in [0.2, 0.25) is 11.8 Å². The van der Waals surface area contributed by atoms with Crippen LogP contribution in [0.5, 0.6) is 0 Å². The first-order valence-electron chi connectivity index (χ1n) is 8.80. The van der Waals surface area contributed by atoms with E-state index in [1.165, 1.54) is 0 Å². The lowest BCUT2D eigenvalue weighted by Crippen LogP contribution is -2.42. The first-order valence-corrected chi connectivity index (χ1v) is 8.80. The Kier molecular flexibility index (Phi) is 7.11. The van der Waals surface area contributed by atoms with Crippen LogP contribution >= 0.6 is 0 Å². The largest absolute Gasteiger partial charge is 0.352 e. The van der Waals surface area contributed by atoms with Crippen LogP contribution in [0.15, 0.2) is 30.3 Å². The van der Waals surface area contributed by atoms with Gasteiger partial charge in [-0.05, 0) is 24.8 Å². The molecule has 1 saturated heterocycles. The van der Waals surface area contributed by atoms with Gasteiger partial charge in [-0.2, -0.15) is 0 Å². The summed E-state index contributed by atoms with van der Waals surface area (Å²) in [7, 11) is 0. The van der Waals surface area contributed by atoms with Gasteiger partial charge in [0.15, 0.2) is 0 Å². The summed E-state index contributed by atoms with van der Waals surface area (Å²) in [5.74, 6) is 0.409. The van der Waals surface area contributed by atoms with Crippen molar-refractivity contribution in [1.82, 2.24) is 10.2 Å². The first kappa shape index (κ1) is 17.5. The Morgan fingerprint density at radius 3 is 2.48 bits per heavy atom. The number of nitrogens with one attached hydrogen (secondary N) is 1. The van der Waals surface area contributed by atoms with Crippen LogP contribution in [0.2, 0.25) is 0 Å². The van der Waals surface area contributed by atoms with Gasteiger partial charge in [0.1, 0.15) is 0 Å². The van der Waals surface area contributed by atoms with Gasteiger partial charge in [-0.25, -0.2) is 0 Å². The Bertz CT molecular complexity index is 493. The van der Waals surface area contributed by atoms with Crippen LogP contribution in [0.4, 0.5) is 0 Å². The fraction of sp³-hybridized carbons (Fsp3) is 0.579. The van der Waals surface area contributed by atoms with Crippen LogP contribution in [0.25, 0.3) is 0 Å². The number of likely N-dealkylation sites (tertiary alicyclic amines) is 1. The molecular weight excluding hydrogens is 288 g/mol. The summed E-state index contributed by atoms with van der Waals surface area (Å²) >= 11 is 0. The van der Waals surface area contributed by atoms with Gasteiger partial charge in [0, 0.05) is 32.0 Å². The van der Waals surface area contributed by atoms with Crippen molar-refractivity contribution >= 4 is 11.8 Å². The fourth-order valence-electron chi connectivity index (χ4n) is 3.00. The molecule has 0 saturated carbocycles. The lowest BCUT2D eigenvalue weighted by Gasteiger charge is -2.31. The number of nitrogens with zero attached hydrogens (tertiary/aromatic N) is 1. The number of benzene rings is 1. The normalized spacial score (nSPS) is 15.4. The highest BCUT2D eigenvalue weighted by molar-refractivity contribution is 5.80. The molecule has 23 heavy (non-hydrogen) atoms. The third-order valence-electron chi connectivity index (χ3n) is 4.52. The van der Waals surface area contributed by atoms with Crippen molar-refractivity contribution in [1.29, 1.82) is 0 Å². The van der Waals surface area contributed by atoms with Gasteiger partial charge >= 0.3 is 0 Å². The molecule has 1 aromatic rings. The minimum atomic E-state index is 0.0402. The molecule has 0 atom stereocenters. The van der Waals surface area contributed by atoms with E-state index in [0.29, 0.717) is 26.1 Å². The molecule has 1 aliphatic heterocycles. The van der Waals surface area contributed by atoms with E-state index in [1.54, 1.807) is 0 Å². The van der Waals surface area contributed by atoms with Crippen molar-refractivity contribution in [2.24, 2.45) is 5.92 Å². The topological polar surface area (TPSA) is 49.4 Å². The molecule has 4 heteroatoms. The number of hydrogen-bond donors (Lipinski definition) is 1. The summed E-state index contributed by atoms with van der Waals surface area (Å²) in [4.78, 5) is 26.3. The molecule has 0 bridgehead atoms. The molecule has 0 radical (unpaired) electrons. The molecule has 2 amide bonds. The average molecular weight is 316 g/mol. The number of carbonyl (C=O) groups is 2. The van der Waals surface area contributed by atoms with Gasteiger partial charge in [-0.3, -0.25) is 9.59 Å². The van der Waals surface area contributed by atoms with E-state index in [1.807, 2.05) is 35.2 Å². The van der Waals surface area contributed by atoms with Crippen molar-refractivity contribution in [3.05, 3.63) is 35.9 Å². The van der Waals surface area contributed by atoms with Gasteiger partial charge in [-0.1, -0.05) is 50.1 Å². The highest BCUT2D eigenvalue weighted by Gasteiger charge is 2.26. The molecule has 1 heterocycles. The van der Waals surface area contributed by atoms with Crippen molar-refractivity contribution in [2.75, 3.05) is 13.1 Å². The third-order valence-corrected chi connectivity index (χ3v) is 4.52. The molecule has 4 nitrogen and oxygen atoms in total. The summed E-state index contributed by atoms with van der Waals surface area (Å²) in [6, 6.07) is 9.95. The minimum absolute atomic E-state index is 0.0402.